The maximum atomic E-state index is 10.0. The number of hydrogen-bond donors (Lipinski definition) is 1. The lowest BCUT2D eigenvalue weighted by Crippen LogP contribution is -1.85. The van der Waals surface area contributed by atoms with E-state index in [0.717, 1.165) is 0 Å². The molecule has 0 unspecified atom stereocenters. The van der Waals surface area contributed by atoms with Crippen LogP contribution >= 0.6 is 0 Å². The highest BCUT2D eigenvalue weighted by molar-refractivity contribution is 5.34. The summed E-state index contributed by atoms with van der Waals surface area (Å²) < 4.78 is 0. The molecule has 4 heteroatoms. The van der Waals surface area contributed by atoms with E-state index in [2.05, 4.69) is 0 Å². The molecule has 16 heavy (non-hydrogen) atoms. The van der Waals surface area contributed by atoms with Crippen LogP contribution in [0.3, 0.4) is 0 Å². The fourth-order valence-electron chi connectivity index (χ4n) is 0.959. The van der Waals surface area contributed by atoms with E-state index in [9.17, 15) is 10.1 Å². The van der Waals surface area contributed by atoms with Crippen LogP contribution in [0.4, 0.5) is 5.69 Å². The maximum Gasteiger partial charge on any atom is 0.269 e. The van der Waals surface area contributed by atoms with E-state index >= 15 is 0 Å². The van der Waals surface area contributed by atoms with E-state index in [4.69, 9.17) is 5.11 Å². The number of non-ortho nitro benzene ring substituents is 1. The molecular weight excluding hydrogens is 206 g/mol. The molecule has 0 aliphatic carbocycles. The fraction of sp³-hybridized carbons (Fsp3) is 0. The highest BCUT2D eigenvalue weighted by Crippen LogP contribution is 2.14. The first kappa shape index (κ1) is 11.7. The van der Waals surface area contributed by atoms with Crippen molar-refractivity contribution in [3.05, 3.63) is 70.8 Å². The number of nitro groups is 1. The molecule has 2 aromatic carbocycles. The topological polar surface area (TPSA) is 63.4 Å². The number of hydrogen-bond acceptors (Lipinski definition) is 3. The Morgan fingerprint density at radius 2 is 1.25 bits per heavy atom. The minimum atomic E-state index is -0.514. The van der Waals surface area contributed by atoms with Gasteiger partial charge in [-0.25, -0.2) is 0 Å². The van der Waals surface area contributed by atoms with Gasteiger partial charge in [-0.05, 0) is 12.1 Å². The largest absolute Gasteiger partial charge is 0.508 e. The lowest BCUT2D eigenvalue weighted by molar-refractivity contribution is -0.384. The minimum absolute atomic E-state index is 0.0159. The van der Waals surface area contributed by atoms with E-state index in [0.29, 0.717) is 0 Å². The van der Waals surface area contributed by atoms with Crippen molar-refractivity contribution in [3.8, 4) is 5.75 Å². The highest BCUT2D eigenvalue weighted by Gasteiger charge is 2.01. The molecule has 0 fully saturated rings. The summed E-state index contributed by atoms with van der Waals surface area (Å²) in [6.45, 7) is 0. The normalized spacial score (nSPS) is 8.75. The Morgan fingerprint density at radius 1 is 0.875 bits per heavy atom. The summed E-state index contributed by atoms with van der Waals surface area (Å²) in [5.41, 5.74) is -0.0159. The Bertz CT molecular complexity index is 399. The van der Waals surface area contributed by atoms with Crippen LogP contribution in [0.1, 0.15) is 0 Å². The third-order valence-electron chi connectivity index (χ3n) is 1.73. The molecular formula is C12H11NO3. The number of aromatic hydroxyl groups is 1. The van der Waals surface area contributed by atoms with Crippen molar-refractivity contribution >= 4 is 5.69 Å². The van der Waals surface area contributed by atoms with Crippen LogP contribution in [0.5, 0.6) is 5.75 Å². The van der Waals surface area contributed by atoms with Crippen molar-refractivity contribution in [1.29, 1.82) is 0 Å². The van der Waals surface area contributed by atoms with Gasteiger partial charge in [0.05, 0.1) is 4.92 Å². The summed E-state index contributed by atoms with van der Waals surface area (Å²) in [5.74, 6) is 0.0330. The molecule has 0 heterocycles. The quantitative estimate of drug-likeness (QED) is 0.590. The Labute approximate surface area is 92.9 Å². The van der Waals surface area contributed by atoms with E-state index in [1.54, 1.807) is 0 Å². The molecule has 0 atom stereocenters. The molecule has 82 valence electrons. The number of rotatable bonds is 1. The van der Waals surface area contributed by atoms with Gasteiger partial charge in [0.15, 0.2) is 0 Å². The molecule has 0 bridgehead atoms. The zero-order valence-electron chi connectivity index (χ0n) is 8.48. The Hall–Kier alpha value is -2.36. The first-order chi connectivity index (χ1) is 7.70. The van der Waals surface area contributed by atoms with E-state index in [1.165, 1.54) is 24.3 Å². The van der Waals surface area contributed by atoms with Gasteiger partial charge in [-0.2, -0.15) is 0 Å². The summed E-state index contributed by atoms with van der Waals surface area (Å²) in [7, 11) is 0. The summed E-state index contributed by atoms with van der Waals surface area (Å²) in [6.07, 6.45) is 0. The molecule has 0 aliphatic heterocycles. The van der Waals surface area contributed by atoms with Crippen LogP contribution < -0.4 is 0 Å². The average molecular weight is 217 g/mol. The SMILES string of the molecule is O=[N+]([O-])c1ccc(O)cc1.c1ccccc1. The Kier molecular flexibility index (Phi) is 4.53. The predicted molar refractivity (Wildman–Crippen MR) is 61.2 cm³/mol. The molecule has 0 aromatic heterocycles. The molecule has 2 rings (SSSR count). The van der Waals surface area contributed by atoms with Gasteiger partial charge in [-0.15, -0.1) is 0 Å². The molecule has 0 radical (unpaired) electrons. The second-order valence-corrected chi connectivity index (χ2v) is 2.93. The summed E-state index contributed by atoms with van der Waals surface area (Å²) >= 11 is 0. The summed E-state index contributed by atoms with van der Waals surface area (Å²) in [6, 6.07) is 17.0. The molecule has 4 nitrogen and oxygen atoms in total. The monoisotopic (exact) mass is 217 g/mol. The molecule has 1 N–H and O–H groups in total. The lowest BCUT2D eigenvalue weighted by atomic mass is 10.3. The predicted octanol–water partition coefficient (Wildman–Crippen LogP) is 2.99. The van der Waals surface area contributed by atoms with Crippen molar-refractivity contribution in [2.45, 2.75) is 0 Å². The lowest BCUT2D eigenvalue weighted by Gasteiger charge is -1.89. The molecule has 0 aliphatic rings. The van der Waals surface area contributed by atoms with E-state index in [-0.39, 0.29) is 11.4 Å². The van der Waals surface area contributed by atoms with Gasteiger partial charge in [0, 0.05) is 12.1 Å². The molecule has 2 aromatic rings. The highest BCUT2D eigenvalue weighted by atomic mass is 16.6. The Balaban J connectivity index is 0.000000181. The second-order valence-electron chi connectivity index (χ2n) is 2.93. The van der Waals surface area contributed by atoms with Gasteiger partial charge in [0.25, 0.3) is 5.69 Å². The zero-order chi connectivity index (χ0) is 11.8. The molecule has 0 saturated carbocycles. The van der Waals surface area contributed by atoms with Gasteiger partial charge in [-0.3, -0.25) is 10.1 Å². The van der Waals surface area contributed by atoms with Gasteiger partial charge in [0.1, 0.15) is 5.75 Å². The molecule has 0 amide bonds. The van der Waals surface area contributed by atoms with Crippen molar-refractivity contribution < 1.29 is 10.0 Å². The third kappa shape index (κ3) is 4.23. The van der Waals surface area contributed by atoms with Crippen molar-refractivity contribution in [1.82, 2.24) is 0 Å². The smallest absolute Gasteiger partial charge is 0.269 e. The Morgan fingerprint density at radius 3 is 1.56 bits per heavy atom. The minimum Gasteiger partial charge on any atom is -0.508 e. The van der Waals surface area contributed by atoms with Crippen molar-refractivity contribution in [2.75, 3.05) is 0 Å². The summed E-state index contributed by atoms with van der Waals surface area (Å²) in [5, 5.41) is 18.8. The standard InChI is InChI=1S/C6H5NO3.C6H6/c8-6-3-1-5(2-4-6)7(9)10;1-2-4-6-5-3-1/h1-4,8H;1-6H. The van der Waals surface area contributed by atoms with Crippen LogP contribution in [-0.4, -0.2) is 10.0 Å². The summed E-state index contributed by atoms with van der Waals surface area (Å²) in [4.78, 5) is 9.52. The number of nitro benzene ring substituents is 1. The average Bonchev–Trinajstić information content (AvgIpc) is 2.32. The van der Waals surface area contributed by atoms with Crippen molar-refractivity contribution in [2.24, 2.45) is 0 Å². The first-order valence-corrected chi connectivity index (χ1v) is 4.63. The number of nitrogens with zero attached hydrogens (tertiary/aromatic N) is 1. The number of phenolic OH excluding ortho intramolecular Hbond substituents is 1. The van der Waals surface area contributed by atoms with Gasteiger partial charge in [-0.1, -0.05) is 36.4 Å². The van der Waals surface area contributed by atoms with Crippen LogP contribution in [0.2, 0.25) is 0 Å². The third-order valence-corrected chi connectivity index (χ3v) is 1.73. The second kappa shape index (κ2) is 6.19. The van der Waals surface area contributed by atoms with E-state index < -0.39 is 4.92 Å². The van der Waals surface area contributed by atoms with Crippen LogP contribution in [0.15, 0.2) is 60.7 Å². The van der Waals surface area contributed by atoms with Gasteiger partial charge < -0.3 is 5.11 Å². The van der Waals surface area contributed by atoms with Crippen LogP contribution in [0, 0.1) is 10.1 Å². The number of benzene rings is 2. The van der Waals surface area contributed by atoms with Crippen LogP contribution in [-0.2, 0) is 0 Å². The van der Waals surface area contributed by atoms with Crippen LogP contribution in [0.25, 0.3) is 0 Å². The van der Waals surface area contributed by atoms with Gasteiger partial charge >= 0.3 is 0 Å². The number of phenols is 1. The maximum absolute atomic E-state index is 10.0. The first-order valence-electron chi connectivity index (χ1n) is 4.63. The molecule has 0 spiro atoms. The van der Waals surface area contributed by atoms with E-state index in [1.807, 2.05) is 36.4 Å². The molecule has 0 saturated heterocycles. The van der Waals surface area contributed by atoms with Gasteiger partial charge in [0.2, 0.25) is 0 Å². The fourth-order valence-corrected chi connectivity index (χ4v) is 0.959. The zero-order valence-corrected chi connectivity index (χ0v) is 8.48. The van der Waals surface area contributed by atoms with Crippen molar-refractivity contribution in [3.63, 3.8) is 0 Å².